The third-order valence-corrected chi connectivity index (χ3v) is 4.38. The molecular weight excluding hydrogens is 222 g/mol. The minimum atomic E-state index is -0.0258. The van der Waals surface area contributed by atoms with Crippen LogP contribution in [0.1, 0.15) is 56.4 Å². The maximum atomic E-state index is 6.02. The predicted molar refractivity (Wildman–Crippen MR) is 73.9 cm³/mol. The average molecular weight is 245 g/mol. The van der Waals surface area contributed by atoms with Crippen LogP contribution in [0.4, 0.5) is 0 Å². The van der Waals surface area contributed by atoms with Crippen molar-refractivity contribution < 1.29 is 4.74 Å². The van der Waals surface area contributed by atoms with Crippen LogP contribution in [0.15, 0.2) is 24.3 Å². The lowest BCUT2D eigenvalue weighted by Gasteiger charge is -2.22. The Morgan fingerprint density at radius 1 is 1.06 bits per heavy atom. The largest absolute Gasteiger partial charge is 0.492 e. The van der Waals surface area contributed by atoms with Gasteiger partial charge in [-0.05, 0) is 49.3 Å². The Morgan fingerprint density at radius 3 is 2.33 bits per heavy atom. The Kier molecular flexibility index (Phi) is 3.29. The molecule has 98 valence electrons. The fraction of sp³-hybridized carbons (Fsp3) is 0.625. The van der Waals surface area contributed by atoms with Crippen LogP contribution in [0.2, 0.25) is 0 Å². The lowest BCUT2D eigenvalue weighted by Crippen LogP contribution is -2.29. The molecule has 0 bridgehead atoms. The molecule has 0 spiro atoms. The van der Waals surface area contributed by atoms with Crippen LogP contribution in [0.25, 0.3) is 0 Å². The number of hydrogen-bond acceptors (Lipinski definition) is 2. The van der Waals surface area contributed by atoms with E-state index in [1.807, 2.05) is 0 Å². The smallest absolute Gasteiger partial charge is 0.119 e. The summed E-state index contributed by atoms with van der Waals surface area (Å²) in [5.74, 6) is 1.74. The van der Waals surface area contributed by atoms with Crippen molar-refractivity contribution in [3.8, 4) is 5.75 Å². The number of benzene rings is 1. The monoisotopic (exact) mass is 245 g/mol. The lowest BCUT2D eigenvalue weighted by molar-refractivity contribution is 0.279. The maximum absolute atomic E-state index is 6.02. The Balaban J connectivity index is 1.57. The van der Waals surface area contributed by atoms with Crippen molar-refractivity contribution in [2.24, 2.45) is 5.73 Å². The van der Waals surface area contributed by atoms with E-state index in [4.69, 9.17) is 10.5 Å². The molecule has 2 N–H and O–H groups in total. The summed E-state index contributed by atoms with van der Waals surface area (Å²) in [6.45, 7) is 0.662. The molecule has 0 unspecified atom stereocenters. The summed E-state index contributed by atoms with van der Waals surface area (Å²) in [6.07, 6.45) is 9.10. The van der Waals surface area contributed by atoms with E-state index in [0.29, 0.717) is 6.61 Å². The van der Waals surface area contributed by atoms with E-state index in [1.54, 1.807) is 0 Å². The van der Waals surface area contributed by atoms with Gasteiger partial charge >= 0.3 is 0 Å². The van der Waals surface area contributed by atoms with Gasteiger partial charge in [0.05, 0.1) is 5.54 Å². The van der Waals surface area contributed by atoms with Crippen LogP contribution >= 0.6 is 0 Å². The second-order valence-electron chi connectivity index (χ2n) is 6.06. The summed E-state index contributed by atoms with van der Waals surface area (Å²) in [7, 11) is 0. The Bertz CT molecular complexity index is 388. The first kappa shape index (κ1) is 12.0. The van der Waals surface area contributed by atoms with Gasteiger partial charge < -0.3 is 10.5 Å². The predicted octanol–water partition coefficient (Wildman–Crippen LogP) is 3.60. The standard InChI is InChI=1S/C16H23NO/c17-16(10-11-16)12-18-15-8-6-14(7-9-15)13-4-2-1-3-5-13/h6-9,13H,1-5,10-12,17H2. The second kappa shape index (κ2) is 4.93. The third kappa shape index (κ3) is 2.86. The summed E-state index contributed by atoms with van der Waals surface area (Å²) in [5.41, 5.74) is 7.47. The molecule has 0 aromatic heterocycles. The van der Waals surface area contributed by atoms with Gasteiger partial charge in [-0.2, -0.15) is 0 Å². The van der Waals surface area contributed by atoms with Crippen LogP contribution in [0.3, 0.4) is 0 Å². The molecule has 2 aliphatic carbocycles. The van der Waals surface area contributed by atoms with Crippen LogP contribution in [-0.2, 0) is 0 Å². The summed E-state index contributed by atoms with van der Waals surface area (Å²) < 4.78 is 5.75. The van der Waals surface area contributed by atoms with Crippen molar-refractivity contribution >= 4 is 0 Å². The first-order valence-corrected chi connectivity index (χ1v) is 7.27. The van der Waals surface area contributed by atoms with Crippen molar-refractivity contribution in [1.29, 1.82) is 0 Å². The van der Waals surface area contributed by atoms with Crippen molar-refractivity contribution in [1.82, 2.24) is 0 Å². The SMILES string of the molecule is NC1(COc2ccc(C3CCCCC3)cc2)CC1. The van der Waals surface area contributed by atoms with Crippen molar-refractivity contribution in [3.63, 3.8) is 0 Å². The normalized spacial score (nSPS) is 22.7. The number of hydrogen-bond donors (Lipinski definition) is 1. The molecule has 1 aromatic rings. The molecular formula is C16H23NO. The molecule has 1 aromatic carbocycles. The van der Waals surface area contributed by atoms with Gasteiger partial charge in [0, 0.05) is 0 Å². The van der Waals surface area contributed by atoms with Gasteiger partial charge in [0.1, 0.15) is 12.4 Å². The first-order chi connectivity index (χ1) is 8.75. The molecule has 2 fully saturated rings. The molecule has 0 amide bonds. The second-order valence-corrected chi connectivity index (χ2v) is 6.06. The third-order valence-electron chi connectivity index (χ3n) is 4.38. The van der Waals surface area contributed by atoms with E-state index in [2.05, 4.69) is 24.3 Å². The number of nitrogens with two attached hydrogens (primary N) is 1. The topological polar surface area (TPSA) is 35.2 Å². The highest BCUT2D eigenvalue weighted by molar-refractivity contribution is 5.30. The van der Waals surface area contributed by atoms with E-state index in [-0.39, 0.29) is 5.54 Å². The average Bonchev–Trinajstić information content (AvgIpc) is 3.17. The van der Waals surface area contributed by atoms with Gasteiger partial charge in [0.15, 0.2) is 0 Å². The molecule has 18 heavy (non-hydrogen) atoms. The Labute approximate surface area is 110 Å². The summed E-state index contributed by atoms with van der Waals surface area (Å²) in [5, 5.41) is 0. The van der Waals surface area contributed by atoms with Crippen molar-refractivity contribution in [3.05, 3.63) is 29.8 Å². The summed E-state index contributed by atoms with van der Waals surface area (Å²) >= 11 is 0. The number of ether oxygens (including phenoxy) is 1. The zero-order valence-corrected chi connectivity index (χ0v) is 11.0. The van der Waals surface area contributed by atoms with Crippen molar-refractivity contribution in [2.45, 2.75) is 56.4 Å². The van der Waals surface area contributed by atoms with E-state index >= 15 is 0 Å². The Morgan fingerprint density at radius 2 is 1.72 bits per heavy atom. The van der Waals surface area contributed by atoms with Crippen LogP contribution in [-0.4, -0.2) is 12.1 Å². The minimum absolute atomic E-state index is 0.0258. The number of rotatable bonds is 4. The molecule has 0 saturated heterocycles. The van der Waals surface area contributed by atoms with Gasteiger partial charge in [-0.1, -0.05) is 31.4 Å². The zero-order valence-electron chi connectivity index (χ0n) is 11.0. The molecule has 2 aliphatic rings. The molecule has 2 heteroatoms. The van der Waals surface area contributed by atoms with Gasteiger partial charge in [0.25, 0.3) is 0 Å². The van der Waals surface area contributed by atoms with E-state index in [0.717, 1.165) is 24.5 Å². The van der Waals surface area contributed by atoms with Crippen molar-refractivity contribution in [2.75, 3.05) is 6.61 Å². The van der Waals surface area contributed by atoms with Gasteiger partial charge in [-0.25, -0.2) is 0 Å². The first-order valence-electron chi connectivity index (χ1n) is 7.27. The molecule has 3 rings (SSSR count). The molecule has 0 radical (unpaired) electrons. The minimum Gasteiger partial charge on any atom is -0.492 e. The van der Waals surface area contributed by atoms with Gasteiger partial charge in [-0.3, -0.25) is 0 Å². The van der Waals surface area contributed by atoms with Gasteiger partial charge in [0.2, 0.25) is 0 Å². The highest BCUT2D eigenvalue weighted by Crippen LogP contribution is 2.34. The van der Waals surface area contributed by atoms with E-state index in [1.165, 1.54) is 37.7 Å². The maximum Gasteiger partial charge on any atom is 0.119 e. The van der Waals surface area contributed by atoms with Crippen LogP contribution in [0, 0.1) is 0 Å². The van der Waals surface area contributed by atoms with Gasteiger partial charge in [-0.15, -0.1) is 0 Å². The highest BCUT2D eigenvalue weighted by atomic mass is 16.5. The molecule has 0 atom stereocenters. The van der Waals surface area contributed by atoms with Crippen LogP contribution in [0.5, 0.6) is 5.75 Å². The lowest BCUT2D eigenvalue weighted by atomic mass is 9.84. The molecule has 0 heterocycles. The fourth-order valence-corrected chi connectivity index (χ4v) is 2.80. The highest BCUT2D eigenvalue weighted by Gasteiger charge is 2.39. The molecule has 2 saturated carbocycles. The zero-order chi connectivity index (χ0) is 12.4. The Hall–Kier alpha value is -1.02. The summed E-state index contributed by atoms with van der Waals surface area (Å²) in [4.78, 5) is 0. The molecule has 2 nitrogen and oxygen atoms in total. The fourth-order valence-electron chi connectivity index (χ4n) is 2.80. The summed E-state index contributed by atoms with van der Waals surface area (Å²) in [6, 6.07) is 8.69. The van der Waals surface area contributed by atoms with E-state index < -0.39 is 0 Å². The van der Waals surface area contributed by atoms with E-state index in [9.17, 15) is 0 Å². The quantitative estimate of drug-likeness (QED) is 0.879. The van der Waals surface area contributed by atoms with Crippen LogP contribution < -0.4 is 10.5 Å². The molecule has 0 aliphatic heterocycles.